The van der Waals surface area contributed by atoms with E-state index in [1.165, 1.54) is 19.3 Å². The summed E-state index contributed by atoms with van der Waals surface area (Å²) in [7, 11) is 1.60. The SMILES string of the molecule is CCCCCCOc1ccc(C(=O)N2CCC3(CC2)CC(=O)c2ccc(OC)cc2O3)cc1. The molecule has 0 N–H and O–H groups in total. The standard InChI is InChI=1S/C27H33NO5/c1-3-4-5-6-17-32-21-9-7-20(8-10-21)26(30)28-15-13-27(14-16-28)19-24(29)23-12-11-22(31-2)18-25(23)33-27/h7-12,18H,3-6,13-17,19H2,1-2H3. The zero-order valence-electron chi connectivity index (χ0n) is 19.6. The normalized spacial score (nSPS) is 16.8. The molecule has 0 aliphatic carbocycles. The highest BCUT2D eigenvalue weighted by molar-refractivity contribution is 6.00. The third-order valence-electron chi connectivity index (χ3n) is 6.63. The molecule has 33 heavy (non-hydrogen) atoms. The third kappa shape index (κ3) is 5.32. The van der Waals surface area contributed by atoms with E-state index < -0.39 is 5.60 Å². The summed E-state index contributed by atoms with van der Waals surface area (Å²) in [4.78, 5) is 27.6. The van der Waals surface area contributed by atoms with Gasteiger partial charge in [-0.05, 0) is 42.8 Å². The van der Waals surface area contributed by atoms with Gasteiger partial charge in [0.1, 0.15) is 22.8 Å². The van der Waals surface area contributed by atoms with Crippen molar-refractivity contribution in [1.82, 2.24) is 4.90 Å². The number of benzene rings is 2. The molecule has 0 bridgehead atoms. The quantitative estimate of drug-likeness (QED) is 0.510. The van der Waals surface area contributed by atoms with Gasteiger partial charge in [-0.15, -0.1) is 0 Å². The van der Waals surface area contributed by atoms with Crippen LogP contribution in [0.1, 0.15) is 72.6 Å². The summed E-state index contributed by atoms with van der Waals surface area (Å²) in [5.74, 6) is 2.13. The Kier molecular flexibility index (Phi) is 7.21. The molecule has 6 nitrogen and oxygen atoms in total. The first kappa shape index (κ1) is 23.1. The minimum Gasteiger partial charge on any atom is -0.497 e. The van der Waals surface area contributed by atoms with E-state index in [2.05, 4.69) is 6.92 Å². The van der Waals surface area contributed by atoms with Gasteiger partial charge in [0, 0.05) is 37.6 Å². The highest BCUT2D eigenvalue weighted by atomic mass is 16.5. The van der Waals surface area contributed by atoms with Gasteiger partial charge in [-0.3, -0.25) is 9.59 Å². The van der Waals surface area contributed by atoms with Crippen molar-refractivity contribution in [1.29, 1.82) is 0 Å². The fourth-order valence-corrected chi connectivity index (χ4v) is 4.59. The van der Waals surface area contributed by atoms with Crippen molar-refractivity contribution in [2.45, 2.75) is 57.5 Å². The van der Waals surface area contributed by atoms with Crippen LogP contribution in [-0.4, -0.2) is 49.0 Å². The molecule has 2 aromatic carbocycles. The number of carbonyl (C=O) groups excluding carboxylic acids is 2. The van der Waals surface area contributed by atoms with Crippen molar-refractivity contribution in [2.24, 2.45) is 0 Å². The molecule has 2 heterocycles. The summed E-state index contributed by atoms with van der Waals surface area (Å²) < 4.78 is 17.4. The Morgan fingerprint density at radius 1 is 1.03 bits per heavy atom. The molecule has 2 aromatic rings. The highest BCUT2D eigenvalue weighted by Crippen LogP contribution is 2.41. The number of fused-ring (bicyclic) bond motifs is 1. The summed E-state index contributed by atoms with van der Waals surface area (Å²) in [5, 5.41) is 0. The van der Waals surface area contributed by atoms with Gasteiger partial charge in [-0.1, -0.05) is 26.2 Å². The van der Waals surface area contributed by atoms with Crippen LogP contribution in [0.2, 0.25) is 0 Å². The second kappa shape index (κ2) is 10.3. The van der Waals surface area contributed by atoms with Gasteiger partial charge in [0.05, 0.1) is 25.7 Å². The third-order valence-corrected chi connectivity index (χ3v) is 6.63. The molecule has 176 valence electrons. The predicted octanol–water partition coefficient (Wildman–Crippen LogP) is 5.29. The lowest BCUT2D eigenvalue weighted by atomic mass is 9.82. The molecule has 0 radical (unpaired) electrons. The van der Waals surface area contributed by atoms with Crippen LogP contribution in [-0.2, 0) is 0 Å². The zero-order chi connectivity index (χ0) is 23.3. The van der Waals surface area contributed by atoms with Crippen LogP contribution in [0, 0.1) is 0 Å². The van der Waals surface area contributed by atoms with Gasteiger partial charge in [0.2, 0.25) is 0 Å². The molecule has 0 aromatic heterocycles. The molecule has 1 amide bonds. The Hall–Kier alpha value is -3.02. The maximum atomic E-state index is 13.0. The number of rotatable bonds is 8. The first-order valence-electron chi connectivity index (χ1n) is 12.0. The van der Waals surface area contributed by atoms with Crippen LogP contribution >= 0.6 is 0 Å². The lowest BCUT2D eigenvalue weighted by Crippen LogP contribution is -2.52. The van der Waals surface area contributed by atoms with Crippen molar-refractivity contribution < 1.29 is 23.8 Å². The van der Waals surface area contributed by atoms with Crippen molar-refractivity contribution in [2.75, 3.05) is 26.8 Å². The van der Waals surface area contributed by atoms with E-state index in [9.17, 15) is 9.59 Å². The number of likely N-dealkylation sites (tertiary alicyclic amines) is 1. The lowest BCUT2D eigenvalue weighted by molar-refractivity contribution is -0.00581. The molecule has 0 saturated carbocycles. The number of ether oxygens (including phenoxy) is 3. The fraction of sp³-hybridized carbons (Fsp3) is 0.481. The smallest absolute Gasteiger partial charge is 0.253 e. The van der Waals surface area contributed by atoms with Crippen molar-refractivity contribution in [3.8, 4) is 17.2 Å². The number of nitrogens with zero attached hydrogens (tertiary/aromatic N) is 1. The number of hydrogen-bond acceptors (Lipinski definition) is 5. The molecule has 1 saturated heterocycles. The largest absolute Gasteiger partial charge is 0.497 e. The Labute approximate surface area is 195 Å². The number of unbranched alkanes of at least 4 members (excludes halogenated alkanes) is 3. The van der Waals surface area contributed by atoms with Crippen molar-refractivity contribution in [3.63, 3.8) is 0 Å². The van der Waals surface area contributed by atoms with E-state index in [1.807, 2.05) is 29.2 Å². The van der Waals surface area contributed by atoms with Crippen LogP contribution in [0.25, 0.3) is 0 Å². The van der Waals surface area contributed by atoms with Gasteiger partial charge in [0.15, 0.2) is 5.78 Å². The molecule has 1 fully saturated rings. The summed E-state index contributed by atoms with van der Waals surface area (Å²) in [6.07, 6.45) is 6.26. The number of methoxy groups -OCH3 is 1. The second-order valence-corrected chi connectivity index (χ2v) is 8.97. The lowest BCUT2D eigenvalue weighted by Gasteiger charge is -2.44. The fourth-order valence-electron chi connectivity index (χ4n) is 4.59. The Morgan fingerprint density at radius 2 is 1.76 bits per heavy atom. The van der Waals surface area contributed by atoms with Crippen LogP contribution in [0.5, 0.6) is 17.2 Å². The van der Waals surface area contributed by atoms with Gasteiger partial charge in [-0.25, -0.2) is 0 Å². The van der Waals surface area contributed by atoms with Crippen LogP contribution < -0.4 is 14.2 Å². The number of carbonyl (C=O) groups is 2. The molecular weight excluding hydrogens is 418 g/mol. The van der Waals surface area contributed by atoms with E-state index in [0.717, 1.165) is 12.2 Å². The summed E-state index contributed by atoms with van der Waals surface area (Å²) in [5.41, 5.74) is 0.704. The first-order valence-corrected chi connectivity index (χ1v) is 12.0. The average Bonchev–Trinajstić information content (AvgIpc) is 2.84. The minimum absolute atomic E-state index is 0.00329. The first-order chi connectivity index (χ1) is 16.0. The van der Waals surface area contributed by atoms with Crippen LogP contribution in [0.3, 0.4) is 0 Å². The monoisotopic (exact) mass is 451 g/mol. The minimum atomic E-state index is -0.553. The number of piperidine rings is 1. The van der Waals surface area contributed by atoms with E-state index in [-0.39, 0.29) is 11.7 Å². The summed E-state index contributed by atoms with van der Waals surface area (Å²) in [6, 6.07) is 12.7. The molecule has 6 heteroatoms. The molecule has 0 unspecified atom stereocenters. The Bertz CT molecular complexity index is 977. The molecule has 2 aliphatic heterocycles. The number of amides is 1. The molecule has 4 rings (SSSR count). The number of hydrogen-bond donors (Lipinski definition) is 0. The summed E-state index contributed by atoms with van der Waals surface area (Å²) >= 11 is 0. The van der Waals surface area contributed by atoms with E-state index in [1.54, 1.807) is 25.3 Å². The van der Waals surface area contributed by atoms with E-state index in [0.29, 0.717) is 61.6 Å². The number of ketones is 1. The van der Waals surface area contributed by atoms with E-state index >= 15 is 0 Å². The maximum Gasteiger partial charge on any atom is 0.253 e. The zero-order valence-corrected chi connectivity index (χ0v) is 19.6. The van der Waals surface area contributed by atoms with Gasteiger partial charge < -0.3 is 19.1 Å². The van der Waals surface area contributed by atoms with Crippen molar-refractivity contribution >= 4 is 11.7 Å². The van der Waals surface area contributed by atoms with Gasteiger partial charge in [-0.2, -0.15) is 0 Å². The average molecular weight is 452 g/mol. The van der Waals surface area contributed by atoms with Crippen LogP contribution in [0.15, 0.2) is 42.5 Å². The topological polar surface area (TPSA) is 65.1 Å². The summed E-state index contributed by atoms with van der Waals surface area (Å²) in [6.45, 7) is 4.01. The van der Waals surface area contributed by atoms with E-state index in [4.69, 9.17) is 14.2 Å². The molecule has 2 aliphatic rings. The van der Waals surface area contributed by atoms with Gasteiger partial charge >= 0.3 is 0 Å². The molecular formula is C27H33NO5. The second-order valence-electron chi connectivity index (χ2n) is 8.97. The molecule has 1 spiro atoms. The Morgan fingerprint density at radius 3 is 2.45 bits per heavy atom. The number of Topliss-reactive ketones (excluding diaryl/α,β-unsaturated/α-hetero) is 1. The van der Waals surface area contributed by atoms with Crippen molar-refractivity contribution in [3.05, 3.63) is 53.6 Å². The predicted molar refractivity (Wildman–Crippen MR) is 127 cm³/mol. The van der Waals surface area contributed by atoms with Crippen LogP contribution in [0.4, 0.5) is 0 Å². The Balaban J connectivity index is 1.33. The molecule has 0 atom stereocenters. The van der Waals surface area contributed by atoms with Gasteiger partial charge in [0.25, 0.3) is 5.91 Å². The highest BCUT2D eigenvalue weighted by Gasteiger charge is 2.43. The maximum absolute atomic E-state index is 13.0.